The summed E-state index contributed by atoms with van der Waals surface area (Å²) in [6.07, 6.45) is 6.35. The molecule has 0 fully saturated rings. The van der Waals surface area contributed by atoms with E-state index in [2.05, 4.69) is 23.5 Å². The molecule has 0 bridgehead atoms. The molecule has 1 atom stereocenters. The van der Waals surface area contributed by atoms with E-state index in [1.54, 1.807) is 17.6 Å². The van der Waals surface area contributed by atoms with Gasteiger partial charge in [0.25, 0.3) is 5.91 Å². The number of thiophene rings is 1. The normalized spacial score (nSPS) is 16.7. The van der Waals surface area contributed by atoms with E-state index >= 15 is 0 Å². The van der Waals surface area contributed by atoms with Crippen LogP contribution in [0.1, 0.15) is 45.4 Å². The average Bonchev–Trinajstić information content (AvgIpc) is 3.05. The molecule has 3 rings (SSSR count). The molecule has 1 heterocycles. The van der Waals surface area contributed by atoms with Crippen LogP contribution in [0.3, 0.4) is 0 Å². The van der Waals surface area contributed by atoms with Crippen molar-refractivity contribution in [2.45, 2.75) is 32.6 Å². The van der Waals surface area contributed by atoms with Crippen LogP contribution in [0.2, 0.25) is 0 Å². The highest BCUT2D eigenvalue weighted by molar-refractivity contribution is 7.14. The Morgan fingerprint density at radius 2 is 2.12 bits per heavy atom. The van der Waals surface area contributed by atoms with Crippen LogP contribution in [0.4, 0.5) is 5.69 Å². The number of aryl methyl sites for hydroxylation is 1. The smallest absolute Gasteiger partial charge is 0.281 e. The fraction of sp³-hybridized carbons (Fsp3) is 0.400. The molecule has 0 unspecified atom stereocenters. The molecule has 2 aromatic rings. The van der Waals surface area contributed by atoms with E-state index in [1.165, 1.54) is 23.3 Å². The summed E-state index contributed by atoms with van der Waals surface area (Å²) in [5.41, 5.74) is 6.10. The number of rotatable bonds is 5. The SMILES string of the molecule is CC[C@H]1CCc2sc(C(=O)N/N=C\c3ccc(N(C)C)cc3)cc2C1. The summed E-state index contributed by atoms with van der Waals surface area (Å²) in [7, 11) is 4.01. The lowest BCUT2D eigenvalue weighted by Crippen LogP contribution is -2.16. The maximum atomic E-state index is 12.3. The van der Waals surface area contributed by atoms with Crippen molar-refractivity contribution >= 4 is 29.1 Å². The molecule has 5 heteroatoms. The van der Waals surface area contributed by atoms with Crippen LogP contribution in [0, 0.1) is 5.92 Å². The number of benzene rings is 1. The minimum absolute atomic E-state index is 0.117. The quantitative estimate of drug-likeness (QED) is 0.648. The highest BCUT2D eigenvalue weighted by Crippen LogP contribution is 2.33. The van der Waals surface area contributed by atoms with E-state index in [-0.39, 0.29) is 5.91 Å². The van der Waals surface area contributed by atoms with Crippen LogP contribution in [-0.2, 0) is 12.8 Å². The first-order valence-electron chi connectivity index (χ1n) is 8.79. The van der Waals surface area contributed by atoms with Gasteiger partial charge in [0.15, 0.2) is 0 Å². The number of amides is 1. The third-order valence-electron chi connectivity index (χ3n) is 4.78. The highest BCUT2D eigenvalue weighted by atomic mass is 32.1. The summed E-state index contributed by atoms with van der Waals surface area (Å²) < 4.78 is 0. The molecule has 0 saturated carbocycles. The van der Waals surface area contributed by atoms with Crippen molar-refractivity contribution in [2.75, 3.05) is 19.0 Å². The summed E-state index contributed by atoms with van der Waals surface area (Å²) in [6.45, 7) is 2.25. The Morgan fingerprint density at radius 3 is 2.80 bits per heavy atom. The molecule has 1 aliphatic rings. The molecule has 25 heavy (non-hydrogen) atoms. The third-order valence-corrected chi connectivity index (χ3v) is 6.01. The van der Waals surface area contributed by atoms with Crippen LogP contribution in [0.15, 0.2) is 35.4 Å². The standard InChI is InChI=1S/C20H25N3OS/c1-4-14-7-10-18-16(11-14)12-19(25-18)20(24)22-21-13-15-5-8-17(9-6-15)23(2)3/h5-6,8-9,12-14H,4,7,10-11H2,1-3H3,(H,22,24)/b21-13-/t14-/m0/s1. The topological polar surface area (TPSA) is 44.7 Å². The Kier molecular flexibility index (Phi) is 5.53. The van der Waals surface area contributed by atoms with Crippen molar-refractivity contribution in [3.8, 4) is 0 Å². The van der Waals surface area contributed by atoms with Crippen LogP contribution in [0.25, 0.3) is 0 Å². The lowest BCUT2D eigenvalue weighted by Gasteiger charge is -2.19. The van der Waals surface area contributed by atoms with Gasteiger partial charge >= 0.3 is 0 Å². The van der Waals surface area contributed by atoms with E-state index in [0.29, 0.717) is 0 Å². The van der Waals surface area contributed by atoms with Gasteiger partial charge in [-0.1, -0.05) is 25.5 Å². The number of carbonyl (C=O) groups excluding carboxylic acids is 1. The van der Waals surface area contributed by atoms with E-state index in [1.807, 2.05) is 43.3 Å². The second-order valence-electron chi connectivity index (χ2n) is 6.76. The number of hydrogen-bond acceptors (Lipinski definition) is 4. The number of hydrazone groups is 1. The Labute approximate surface area is 153 Å². The van der Waals surface area contributed by atoms with Gasteiger partial charge in [0.2, 0.25) is 0 Å². The van der Waals surface area contributed by atoms with Crippen molar-refractivity contribution in [3.05, 3.63) is 51.2 Å². The van der Waals surface area contributed by atoms with E-state index < -0.39 is 0 Å². The minimum atomic E-state index is -0.117. The molecule has 0 aliphatic heterocycles. The number of hydrogen-bond donors (Lipinski definition) is 1. The average molecular weight is 356 g/mol. The second-order valence-corrected chi connectivity index (χ2v) is 7.90. The van der Waals surface area contributed by atoms with Gasteiger partial charge in [0.05, 0.1) is 11.1 Å². The molecule has 0 saturated heterocycles. The summed E-state index contributed by atoms with van der Waals surface area (Å²) in [6, 6.07) is 10.1. The Balaban J connectivity index is 1.60. The second kappa shape index (κ2) is 7.83. The lowest BCUT2D eigenvalue weighted by atomic mass is 9.87. The van der Waals surface area contributed by atoms with Crippen molar-refractivity contribution in [3.63, 3.8) is 0 Å². The molecular formula is C20H25N3OS. The van der Waals surface area contributed by atoms with Crippen LogP contribution in [0.5, 0.6) is 0 Å². The number of carbonyl (C=O) groups is 1. The van der Waals surface area contributed by atoms with Crippen molar-refractivity contribution in [1.82, 2.24) is 5.43 Å². The number of nitrogens with one attached hydrogen (secondary N) is 1. The molecule has 1 aromatic carbocycles. The van der Waals surface area contributed by atoms with Crippen molar-refractivity contribution in [2.24, 2.45) is 11.0 Å². The van der Waals surface area contributed by atoms with E-state index in [9.17, 15) is 4.79 Å². The number of anilines is 1. The summed E-state index contributed by atoms with van der Waals surface area (Å²) >= 11 is 1.62. The molecule has 1 aliphatic carbocycles. The van der Waals surface area contributed by atoms with Crippen LogP contribution in [-0.4, -0.2) is 26.2 Å². The van der Waals surface area contributed by atoms with Crippen molar-refractivity contribution < 1.29 is 4.79 Å². The lowest BCUT2D eigenvalue weighted by molar-refractivity contribution is 0.0959. The maximum Gasteiger partial charge on any atom is 0.281 e. The predicted molar refractivity (Wildman–Crippen MR) is 106 cm³/mol. The predicted octanol–water partition coefficient (Wildman–Crippen LogP) is 4.09. The van der Waals surface area contributed by atoms with Crippen LogP contribution < -0.4 is 10.3 Å². The monoisotopic (exact) mass is 355 g/mol. The molecule has 1 aromatic heterocycles. The highest BCUT2D eigenvalue weighted by Gasteiger charge is 2.21. The van der Waals surface area contributed by atoms with Crippen molar-refractivity contribution in [1.29, 1.82) is 0 Å². The number of nitrogens with zero attached hydrogens (tertiary/aromatic N) is 2. The van der Waals surface area contributed by atoms with E-state index in [4.69, 9.17) is 0 Å². The zero-order valence-electron chi connectivity index (χ0n) is 15.1. The third kappa shape index (κ3) is 4.28. The number of fused-ring (bicyclic) bond motifs is 1. The Hall–Kier alpha value is -2.14. The molecule has 0 spiro atoms. The fourth-order valence-electron chi connectivity index (χ4n) is 3.14. The first kappa shape index (κ1) is 17.7. The molecule has 4 nitrogen and oxygen atoms in total. The first-order valence-corrected chi connectivity index (χ1v) is 9.61. The van der Waals surface area contributed by atoms with Gasteiger partial charge in [-0.25, -0.2) is 5.43 Å². The molecule has 132 valence electrons. The largest absolute Gasteiger partial charge is 0.378 e. The maximum absolute atomic E-state index is 12.3. The van der Waals surface area contributed by atoms with Crippen LogP contribution >= 0.6 is 11.3 Å². The molecule has 0 radical (unpaired) electrons. The zero-order valence-corrected chi connectivity index (χ0v) is 15.9. The first-order chi connectivity index (χ1) is 12.1. The van der Waals surface area contributed by atoms with E-state index in [0.717, 1.165) is 34.9 Å². The Morgan fingerprint density at radius 1 is 1.36 bits per heavy atom. The van der Waals surface area contributed by atoms with Gasteiger partial charge in [-0.15, -0.1) is 11.3 Å². The summed E-state index contributed by atoms with van der Waals surface area (Å²) in [5.74, 6) is 0.648. The van der Waals surface area contributed by atoms with Gasteiger partial charge in [0.1, 0.15) is 0 Å². The van der Waals surface area contributed by atoms with Gasteiger partial charge in [0, 0.05) is 24.7 Å². The fourth-order valence-corrected chi connectivity index (χ4v) is 4.24. The van der Waals surface area contributed by atoms with Gasteiger partial charge in [-0.2, -0.15) is 5.10 Å². The van der Waals surface area contributed by atoms with Gasteiger partial charge in [-0.3, -0.25) is 4.79 Å². The molecular weight excluding hydrogens is 330 g/mol. The zero-order chi connectivity index (χ0) is 17.8. The summed E-state index contributed by atoms with van der Waals surface area (Å²) in [5, 5.41) is 4.10. The molecule has 1 N–H and O–H groups in total. The molecule has 1 amide bonds. The van der Waals surface area contributed by atoms with Gasteiger partial charge in [-0.05, 0) is 54.5 Å². The van der Waals surface area contributed by atoms with Gasteiger partial charge < -0.3 is 4.90 Å². The minimum Gasteiger partial charge on any atom is -0.378 e. The Bertz CT molecular complexity index is 762. The summed E-state index contributed by atoms with van der Waals surface area (Å²) in [4.78, 5) is 16.5.